The number of ether oxygens (including phenoxy) is 2. The quantitative estimate of drug-likeness (QED) is 0.753. The Balaban J connectivity index is 1.72. The first-order chi connectivity index (χ1) is 12.6. The zero-order valence-electron chi connectivity index (χ0n) is 14.7. The number of carbonyl (C=O) groups excluding carboxylic acids is 2. The van der Waals surface area contributed by atoms with Crippen LogP contribution < -0.4 is 15.4 Å². The highest BCUT2D eigenvalue weighted by Crippen LogP contribution is 2.35. The number of amides is 2. The fourth-order valence-corrected chi connectivity index (χ4v) is 2.88. The van der Waals surface area contributed by atoms with Crippen molar-refractivity contribution in [1.29, 1.82) is 0 Å². The molecule has 0 bridgehead atoms. The Labute approximate surface area is 150 Å². The van der Waals surface area contributed by atoms with Gasteiger partial charge in [-0.3, -0.25) is 9.59 Å². The highest BCUT2D eigenvalue weighted by molar-refractivity contribution is 6.01. The maximum absolute atomic E-state index is 12.7. The van der Waals surface area contributed by atoms with Gasteiger partial charge in [-0.05, 0) is 23.8 Å². The summed E-state index contributed by atoms with van der Waals surface area (Å²) in [6.07, 6.45) is 1.68. The highest BCUT2D eigenvalue weighted by atomic mass is 16.5. The van der Waals surface area contributed by atoms with Crippen LogP contribution in [-0.4, -0.2) is 47.4 Å². The van der Waals surface area contributed by atoms with Gasteiger partial charge in [0.25, 0.3) is 0 Å². The average molecular weight is 359 g/mol. The Morgan fingerprint density at radius 2 is 2.27 bits per heavy atom. The largest absolute Gasteiger partial charge is 0.497 e. The molecule has 1 atom stereocenters. The molecule has 1 aromatic heterocycles. The minimum atomic E-state index is -0.579. The van der Waals surface area contributed by atoms with Crippen LogP contribution >= 0.6 is 0 Å². The first kappa shape index (κ1) is 17.9. The molecule has 0 saturated heterocycles. The van der Waals surface area contributed by atoms with Crippen molar-refractivity contribution in [3.8, 4) is 5.75 Å². The van der Waals surface area contributed by atoms with Crippen molar-refractivity contribution in [1.82, 2.24) is 20.1 Å². The van der Waals surface area contributed by atoms with E-state index >= 15 is 0 Å². The summed E-state index contributed by atoms with van der Waals surface area (Å²) >= 11 is 0. The SMILES string of the molecule is COCCn1cnnc1CNC(=O)C1CC(=O)Nc2ccc(OC)cc21. The molecule has 0 fully saturated rings. The fraction of sp³-hybridized carbons (Fsp3) is 0.412. The molecule has 138 valence electrons. The maximum atomic E-state index is 12.7. The van der Waals surface area contributed by atoms with Gasteiger partial charge in [-0.25, -0.2) is 0 Å². The Hall–Kier alpha value is -2.94. The zero-order chi connectivity index (χ0) is 18.5. The van der Waals surface area contributed by atoms with Gasteiger partial charge in [-0.2, -0.15) is 0 Å². The van der Waals surface area contributed by atoms with Gasteiger partial charge in [0.15, 0.2) is 5.82 Å². The summed E-state index contributed by atoms with van der Waals surface area (Å²) in [5.74, 6) is 0.254. The lowest BCUT2D eigenvalue weighted by atomic mass is 9.89. The van der Waals surface area contributed by atoms with Gasteiger partial charge in [0.05, 0.1) is 26.2 Å². The number of fused-ring (bicyclic) bond motifs is 1. The van der Waals surface area contributed by atoms with Crippen LogP contribution in [0.25, 0.3) is 0 Å². The van der Waals surface area contributed by atoms with Crippen molar-refractivity contribution < 1.29 is 19.1 Å². The average Bonchev–Trinajstić information content (AvgIpc) is 3.10. The molecule has 0 radical (unpaired) electrons. The van der Waals surface area contributed by atoms with Crippen LogP contribution in [0.5, 0.6) is 5.75 Å². The van der Waals surface area contributed by atoms with E-state index in [1.165, 1.54) is 0 Å². The molecule has 0 aliphatic carbocycles. The second-order valence-electron chi connectivity index (χ2n) is 5.91. The third-order valence-corrected chi connectivity index (χ3v) is 4.27. The van der Waals surface area contributed by atoms with E-state index < -0.39 is 5.92 Å². The summed E-state index contributed by atoms with van der Waals surface area (Å²) < 4.78 is 12.1. The number of hydrogen-bond acceptors (Lipinski definition) is 6. The molecule has 1 aromatic carbocycles. The molecule has 2 N–H and O–H groups in total. The molecule has 1 aliphatic rings. The number of aromatic nitrogens is 3. The predicted octanol–water partition coefficient (Wildman–Crippen LogP) is 0.675. The third kappa shape index (κ3) is 3.83. The van der Waals surface area contributed by atoms with E-state index in [1.807, 2.05) is 4.57 Å². The van der Waals surface area contributed by atoms with Gasteiger partial charge in [0, 0.05) is 25.8 Å². The smallest absolute Gasteiger partial charge is 0.228 e. The first-order valence-corrected chi connectivity index (χ1v) is 8.23. The van der Waals surface area contributed by atoms with E-state index in [9.17, 15) is 9.59 Å². The van der Waals surface area contributed by atoms with Crippen molar-refractivity contribution in [3.63, 3.8) is 0 Å². The van der Waals surface area contributed by atoms with Crippen molar-refractivity contribution >= 4 is 17.5 Å². The third-order valence-electron chi connectivity index (χ3n) is 4.27. The Morgan fingerprint density at radius 1 is 1.42 bits per heavy atom. The summed E-state index contributed by atoms with van der Waals surface area (Å²) in [5, 5.41) is 13.5. The molecule has 2 heterocycles. The molecular weight excluding hydrogens is 338 g/mol. The number of nitrogens with zero attached hydrogens (tertiary/aromatic N) is 3. The molecular formula is C17H21N5O4. The Bertz CT molecular complexity index is 804. The molecule has 2 amide bonds. The van der Waals surface area contributed by atoms with Crippen molar-refractivity contribution in [2.24, 2.45) is 0 Å². The second-order valence-corrected chi connectivity index (χ2v) is 5.91. The van der Waals surface area contributed by atoms with Gasteiger partial charge in [0.1, 0.15) is 12.1 Å². The molecule has 0 spiro atoms. The van der Waals surface area contributed by atoms with Crippen LogP contribution in [0, 0.1) is 0 Å². The normalized spacial score (nSPS) is 15.9. The van der Waals surface area contributed by atoms with Crippen molar-refractivity contribution in [3.05, 3.63) is 35.9 Å². The van der Waals surface area contributed by atoms with E-state index in [0.717, 1.165) is 5.56 Å². The van der Waals surface area contributed by atoms with E-state index in [4.69, 9.17) is 9.47 Å². The molecule has 1 unspecified atom stereocenters. The van der Waals surface area contributed by atoms with Gasteiger partial charge in [0.2, 0.25) is 11.8 Å². The number of hydrogen-bond donors (Lipinski definition) is 2. The van der Waals surface area contributed by atoms with Gasteiger partial charge < -0.3 is 24.7 Å². The van der Waals surface area contributed by atoms with E-state index in [-0.39, 0.29) is 24.8 Å². The van der Waals surface area contributed by atoms with E-state index in [0.29, 0.717) is 30.4 Å². The van der Waals surface area contributed by atoms with Gasteiger partial charge >= 0.3 is 0 Å². The Morgan fingerprint density at radius 3 is 3.04 bits per heavy atom. The number of rotatable bonds is 7. The van der Waals surface area contributed by atoms with Crippen molar-refractivity contribution in [2.45, 2.75) is 25.4 Å². The number of methoxy groups -OCH3 is 2. The number of anilines is 1. The number of carbonyl (C=O) groups is 2. The summed E-state index contributed by atoms with van der Waals surface area (Å²) in [6, 6.07) is 5.27. The van der Waals surface area contributed by atoms with E-state index in [1.54, 1.807) is 38.7 Å². The first-order valence-electron chi connectivity index (χ1n) is 8.23. The van der Waals surface area contributed by atoms with Crippen LogP contribution in [-0.2, 0) is 27.4 Å². The molecule has 0 saturated carbocycles. The lowest BCUT2D eigenvalue weighted by molar-refractivity contribution is -0.126. The predicted molar refractivity (Wildman–Crippen MR) is 92.7 cm³/mol. The standard InChI is InChI=1S/C17H21N5O4/c1-25-6-5-22-10-19-21-15(22)9-18-17(24)13-8-16(23)20-14-4-3-11(26-2)7-12(13)14/h3-4,7,10,13H,5-6,8-9H2,1-2H3,(H,18,24)(H,20,23). The summed E-state index contributed by atoms with van der Waals surface area (Å²) in [5.41, 5.74) is 1.37. The summed E-state index contributed by atoms with van der Waals surface area (Å²) in [6.45, 7) is 1.34. The summed E-state index contributed by atoms with van der Waals surface area (Å²) in [4.78, 5) is 24.7. The fourth-order valence-electron chi connectivity index (χ4n) is 2.88. The van der Waals surface area contributed by atoms with Crippen LogP contribution in [0.3, 0.4) is 0 Å². The van der Waals surface area contributed by atoms with Crippen molar-refractivity contribution in [2.75, 3.05) is 26.1 Å². The Kier molecular flexibility index (Phi) is 5.47. The van der Waals surface area contributed by atoms with Gasteiger partial charge in [-0.1, -0.05) is 0 Å². The topological polar surface area (TPSA) is 107 Å². The molecule has 9 heteroatoms. The van der Waals surface area contributed by atoms with E-state index in [2.05, 4.69) is 20.8 Å². The van der Waals surface area contributed by atoms with Crippen LogP contribution in [0.2, 0.25) is 0 Å². The summed E-state index contributed by atoms with van der Waals surface area (Å²) in [7, 11) is 3.18. The monoisotopic (exact) mass is 359 g/mol. The van der Waals surface area contributed by atoms with Crippen LogP contribution in [0.1, 0.15) is 23.7 Å². The lowest BCUT2D eigenvalue weighted by Crippen LogP contribution is -2.35. The molecule has 26 heavy (non-hydrogen) atoms. The second kappa shape index (κ2) is 7.96. The maximum Gasteiger partial charge on any atom is 0.228 e. The highest BCUT2D eigenvalue weighted by Gasteiger charge is 2.31. The van der Waals surface area contributed by atoms with Crippen LogP contribution in [0.15, 0.2) is 24.5 Å². The molecule has 2 aromatic rings. The minimum Gasteiger partial charge on any atom is -0.497 e. The number of benzene rings is 1. The van der Waals surface area contributed by atoms with Gasteiger partial charge in [-0.15, -0.1) is 10.2 Å². The number of nitrogens with one attached hydrogen (secondary N) is 2. The lowest BCUT2D eigenvalue weighted by Gasteiger charge is -2.25. The minimum absolute atomic E-state index is 0.0857. The molecule has 1 aliphatic heterocycles. The zero-order valence-corrected chi connectivity index (χ0v) is 14.7. The van der Waals surface area contributed by atoms with Crippen LogP contribution in [0.4, 0.5) is 5.69 Å². The molecule has 3 rings (SSSR count). The molecule has 9 nitrogen and oxygen atoms in total.